The monoisotopic (exact) mass is 482 g/mol. The number of aromatic amines is 1. The van der Waals surface area contributed by atoms with Gasteiger partial charge in [0.15, 0.2) is 0 Å². The van der Waals surface area contributed by atoms with E-state index in [1.807, 2.05) is 30.5 Å². The zero-order valence-electron chi connectivity index (χ0n) is 18.3. The van der Waals surface area contributed by atoms with Crippen LogP contribution in [0.15, 0.2) is 66.9 Å². The van der Waals surface area contributed by atoms with Crippen LogP contribution >= 0.6 is 23.2 Å². The highest BCUT2D eigenvalue weighted by Gasteiger charge is 2.22. The molecule has 170 valence electrons. The van der Waals surface area contributed by atoms with E-state index >= 15 is 0 Å². The van der Waals surface area contributed by atoms with Gasteiger partial charge in [0.1, 0.15) is 5.82 Å². The van der Waals surface area contributed by atoms with E-state index in [2.05, 4.69) is 23.3 Å². The van der Waals surface area contributed by atoms with E-state index in [1.165, 1.54) is 17.7 Å². The second-order valence-electron chi connectivity index (χ2n) is 8.08. The van der Waals surface area contributed by atoms with Crippen LogP contribution in [0.5, 0.6) is 0 Å². The Hall–Kier alpha value is -2.82. The number of aromatic nitrogens is 1. The lowest BCUT2D eigenvalue weighted by Gasteiger charge is -2.18. The van der Waals surface area contributed by atoms with Crippen LogP contribution in [-0.4, -0.2) is 17.4 Å². The van der Waals surface area contributed by atoms with Gasteiger partial charge >= 0.3 is 0 Å². The molecule has 1 heterocycles. The van der Waals surface area contributed by atoms with E-state index in [4.69, 9.17) is 23.2 Å². The largest absolute Gasteiger partial charge is 0.361 e. The van der Waals surface area contributed by atoms with Crippen LogP contribution in [0.1, 0.15) is 41.5 Å². The van der Waals surface area contributed by atoms with Crippen molar-refractivity contribution in [3.05, 3.63) is 105 Å². The van der Waals surface area contributed by atoms with Crippen molar-refractivity contribution in [3.63, 3.8) is 0 Å². The minimum Gasteiger partial charge on any atom is -0.361 e. The van der Waals surface area contributed by atoms with Crippen molar-refractivity contribution in [2.75, 3.05) is 6.54 Å². The molecule has 0 saturated carbocycles. The Morgan fingerprint density at radius 2 is 1.88 bits per heavy atom. The van der Waals surface area contributed by atoms with Gasteiger partial charge in [-0.1, -0.05) is 66.5 Å². The summed E-state index contributed by atoms with van der Waals surface area (Å²) in [5.41, 5.74) is 4.96. The number of hydrogen-bond donors (Lipinski definition) is 2. The number of carbonyl (C=O) groups excluding carboxylic acids is 1. The molecule has 2 N–H and O–H groups in total. The summed E-state index contributed by atoms with van der Waals surface area (Å²) in [6, 6.07) is 18.0. The smallest absolute Gasteiger partial charge is 0.220 e. The summed E-state index contributed by atoms with van der Waals surface area (Å²) in [6.45, 7) is 2.56. The fourth-order valence-corrected chi connectivity index (χ4v) is 4.77. The molecule has 4 rings (SSSR count). The fourth-order valence-electron chi connectivity index (χ4n) is 4.27. The van der Waals surface area contributed by atoms with Crippen LogP contribution in [0.25, 0.3) is 10.9 Å². The Bertz CT molecular complexity index is 1280. The molecule has 0 radical (unpaired) electrons. The third-order valence-corrected chi connectivity index (χ3v) is 6.55. The summed E-state index contributed by atoms with van der Waals surface area (Å²) < 4.78 is 14.1. The lowest BCUT2D eigenvalue weighted by atomic mass is 9.87. The molecular weight excluding hydrogens is 458 g/mol. The SMILES string of the molecule is CCc1cccc2c([C@H](CC(=O)NCCc3ccc(Cl)cc3Cl)c3cccc(F)c3)c[nH]c12. The number of para-hydroxylation sites is 1. The van der Waals surface area contributed by atoms with Gasteiger partial charge in [0.2, 0.25) is 5.91 Å². The number of rotatable bonds is 8. The maximum atomic E-state index is 14.1. The number of carbonyl (C=O) groups is 1. The van der Waals surface area contributed by atoms with Gasteiger partial charge < -0.3 is 10.3 Å². The molecule has 4 aromatic rings. The molecule has 6 heteroatoms. The number of benzene rings is 3. The molecule has 1 amide bonds. The van der Waals surface area contributed by atoms with Gasteiger partial charge in [0.05, 0.1) is 0 Å². The van der Waals surface area contributed by atoms with Gasteiger partial charge in [0, 0.05) is 46.0 Å². The van der Waals surface area contributed by atoms with E-state index in [0.717, 1.165) is 34.0 Å². The van der Waals surface area contributed by atoms with E-state index in [1.54, 1.807) is 18.2 Å². The topological polar surface area (TPSA) is 44.9 Å². The fraction of sp³-hybridized carbons (Fsp3) is 0.222. The standard InChI is InChI=1S/C27H25Cl2FN2O/c1-2-17-5-4-8-22-24(16-32-27(17)22)23(19-6-3-7-21(30)13-19)15-26(33)31-12-11-18-9-10-20(28)14-25(18)29/h3-10,13-14,16,23,32H,2,11-12,15H2,1H3,(H,31,33)/t23-/m1/s1. The average Bonchev–Trinajstić information content (AvgIpc) is 3.23. The van der Waals surface area contributed by atoms with Gasteiger partial charge in [0.25, 0.3) is 0 Å². The van der Waals surface area contributed by atoms with Crippen LogP contribution < -0.4 is 5.32 Å². The first-order valence-corrected chi connectivity index (χ1v) is 11.8. The molecule has 0 aliphatic carbocycles. The second-order valence-corrected chi connectivity index (χ2v) is 8.93. The quantitative estimate of drug-likeness (QED) is 0.277. The third kappa shape index (κ3) is 5.40. The Morgan fingerprint density at radius 1 is 1.06 bits per heavy atom. The zero-order valence-corrected chi connectivity index (χ0v) is 19.8. The lowest BCUT2D eigenvalue weighted by molar-refractivity contribution is -0.121. The minimum atomic E-state index is -0.315. The lowest BCUT2D eigenvalue weighted by Crippen LogP contribution is -2.27. The van der Waals surface area contributed by atoms with Gasteiger partial charge in [-0.25, -0.2) is 4.39 Å². The van der Waals surface area contributed by atoms with Gasteiger partial charge in [-0.05, 0) is 59.4 Å². The summed E-state index contributed by atoms with van der Waals surface area (Å²) >= 11 is 12.2. The van der Waals surface area contributed by atoms with E-state index in [9.17, 15) is 9.18 Å². The number of halogens is 3. The van der Waals surface area contributed by atoms with Crippen molar-refractivity contribution in [3.8, 4) is 0 Å². The zero-order chi connectivity index (χ0) is 23.4. The predicted octanol–water partition coefficient (Wildman–Crippen LogP) is 7.06. The molecule has 0 bridgehead atoms. The van der Waals surface area contributed by atoms with E-state index < -0.39 is 0 Å². The Morgan fingerprint density at radius 3 is 2.64 bits per heavy atom. The maximum Gasteiger partial charge on any atom is 0.220 e. The normalized spacial score (nSPS) is 12.1. The molecule has 3 nitrogen and oxygen atoms in total. The molecule has 0 spiro atoms. The van der Waals surface area contributed by atoms with E-state index in [0.29, 0.717) is 23.0 Å². The summed E-state index contributed by atoms with van der Waals surface area (Å²) in [7, 11) is 0. The van der Waals surface area contributed by atoms with Gasteiger partial charge in [-0.2, -0.15) is 0 Å². The molecule has 1 atom stereocenters. The van der Waals surface area contributed by atoms with Gasteiger partial charge in [-0.15, -0.1) is 0 Å². The Balaban J connectivity index is 1.55. The third-order valence-electron chi connectivity index (χ3n) is 5.96. The predicted molar refractivity (Wildman–Crippen MR) is 134 cm³/mol. The number of nitrogens with one attached hydrogen (secondary N) is 2. The molecule has 0 saturated heterocycles. The molecule has 0 fully saturated rings. The number of hydrogen-bond acceptors (Lipinski definition) is 1. The second kappa shape index (κ2) is 10.4. The number of amides is 1. The molecule has 0 aliphatic heterocycles. The van der Waals surface area contributed by atoms with Crippen molar-refractivity contribution in [1.29, 1.82) is 0 Å². The summed E-state index contributed by atoms with van der Waals surface area (Å²) in [5.74, 6) is -0.694. The average molecular weight is 483 g/mol. The number of aryl methyl sites for hydroxylation is 1. The first kappa shape index (κ1) is 23.3. The van der Waals surface area contributed by atoms with Crippen molar-refractivity contribution in [1.82, 2.24) is 10.3 Å². The van der Waals surface area contributed by atoms with Gasteiger partial charge in [-0.3, -0.25) is 4.79 Å². The molecule has 33 heavy (non-hydrogen) atoms. The van der Waals surface area contributed by atoms with Crippen molar-refractivity contribution in [2.24, 2.45) is 0 Å². The minimum absolute atomic E-state index is 0.102. The van der Waals surface area contributed by atoms with Crippen LogP contribution in [0.3, 0.4) is 0 Å². The van der Waals surface area contributed by atoms with Crippen molar-refractivity contribution < 1.29 is 9.18 Å². The van der Waals surface area contributed by atoms with Crippen LogP contribution in [0.4, 0.5) is 4.39 Å². The van der Waals surface area contributed by atoms with E-state index in [-0.39, 0.29) is 24.1 Å². The summed E-state index contributed by atoms with van der Waals surface area (Å²) in [6.07, 6.45) is 3.65. The summed E-state index contributed by atoms with van der Waals surface area (Å²) in [5, 5.41) is 5.21. The highest BCUT2D eigenvalue weighted by Crippen LogP contribution is 2.35. The Kier molecular flexibility index (Phi) is 7.36. The molecule has 3 aromatic carbocycles. The van der Waals surface area contributed by atoms with Crippen LogP contribution in [-0.2, 0) is 17.6 Å². The Labute approximate surface area is 202 Å². The molecule has 0 aliphatic rings. The highest BCUT2D eigenvalue weighted by atomic mass is 35.5. The van der Waals surface area contributed by atoms with Crippen molar-refractivity contribution >= 4 is 40.0 Å². The molecule has 0 unspecified atom stereocenters. The summed E-state index contributed by atoms with van der Waals surface area (Å²) in [4.78, 5) is 16.3. The van der Waals surface area contributed by atoms with Crippen LogP contribution in [0, 0.1) is 5.82 Å². The molecular formula is C27H25Cl2FN2O. The molecule has 1 aromatic heterocycles. The first-order chi connectivity index (χ1) is 16.0. The highest BCUT2D eigenvalue weighted by molar-refractivity contribution is 6.35. The maximum absolute atomic E-state index is 14.1. The number of fused-ring (bicyclic) bond motifs is 1. The van der Waals surface area contributed by atoms with Crippen molar-refractivity contribution in [2.45, 2.75) is 32.1 Å². The number of H-pyrrole nitrogens is 1. The first-order valence-electron chi connectivity index (χ1n) is 11.0. The van der Waals surface area contributed by atoms with Crippen LogP contribution in [0.2, 0.25) is 10.0 Å².